The number of piperidine rings is 1. The zero-order valence-electron chi connectivity index (χ0n) is 18.1. The molecule has 2 aliphatic heterocycles. The first-order valence-electron chi connectivity index (χ1n) is 11.7. The molecule has 1 atom stereocenters. The number of likely N-dealkylation sites (tertiary alicyclic amines) is 2. The van der Waals surface area contributed by atoms with E-state index in [1.54, 1.807) is 12.4 Å². The maximum absolute atomic E-state index is 13.0. The number of rotatable bonds is 3. The lowest BCUT2D eigenvalue weighted by Gasteiger charge is -2.63. The van der Waals surface area contributed by atoms with Gasteiger partial charge in [-0.1, -0.05) is 49.6 Å². The van der Waals surface area contributed by atoms with E-state index in [0.717, 1.165) is 37.1 Å². The molecular weight excluding hydrogens is 370 g/mol. The van der Waals surface area contributed by atoms with Crippen LogP contribution in [-0.2, 0) is 0 Å². The fourth-order valence-electron chi connectivity index (χ4n) is 6.25. The van der Waals surface area contributed by atoms with Gasteiger partial charge in [0.2, 0.25) is 0 Å². The van der Waals surface area contributed by atoms with Gasteiger partial charge in [0.05, 0.1) is 5.56 Å². The molecule has 1 spiro atoms. The lowest BCUT2D eigenvalue weighted by atomic mass is 9.60. The van der Waals surface area contributed by atoms with E-state index in [4.69, 9.17) is 0 Å². The van der Waals surface area contributed by atoms with Crippen LogP contribution in [0.25, 0.3) is 0 Å². The van der Waals surface area contributed by atoms with E-state index in [1.807, 2.05) is 17.9 Å². The van der Waals surface area contributed by atoms with Crippen molar-refractivity contribution in [2.75, 3.05) is 19.6 Å². The molecule has 3 heterocycles. The average Bonchev–Trinajstić information content (AvgIpc) is 2.79. The fraction of sp³-hybridized carbons (Fsp3) is 0.538. The topological polar surface area (TPSA) is 36.4 Å². The number of aromatic nitrogens is 1. The molecule has 1 aromatic heterocycles. The Labute approximate surface area is 180 Å². The minimum absolute atomic E-state index is 0.144. The molecule has 1 saturated carbocycles. The molecule has 0 radical (unpaired) electrons. The fourth-order valence-corrected chi connectivity index (χ4v) is 6.25. The zero-order valence-corrected chi connectivity index (χ0v) is 18.1. The average molecular weight is 404 g/mol. The normalized spacial score (nSPS) is 24.6. The summed E-state index contributed by atoms with van der Waals surface area (Å²) in [5, 5.41) is 0. The van der Waals surface area contributed by atoms with Crippen molar-refractivity contribution < 1.29 is 4.79 Å². The zero-order chi connectivity index (χ0) is 20.6. The van der Waals surface area contributed by atoms with Gasteiger partial charge in [-0.25, -0.2) is 0 Å². The summed E-state index contributed by atoms with van der Waals surface area (Å²) in [7, 11) is 0. The highest BCUT2D eigenvalue weighted by molar-refractivity contribution is 5.95. The maximum Gasteiger partial charge on any atom is 0.255 e. The van der Waals surface area contributed by atoms with Crippen molar-refractivity contribution in [2.24, 2.45) is 5.41 Å². The lowest BCUT2D eigenvalue weighted by molar-refractivity contribution is -0.132. The Morgan fingerprint density at radius 2 is 1.77 bits per heavy atom. The second-order valence-electron chi connectivity index (χ2n) is 9.62. The van der Waals surface area contributed by atoms with Crippen LogP contribution in [0.3, 0.4) is 0 Å². The number of hydrogen-bond acceptors (Lipinski definition) is 3. The summed E-state index contributed by atoms with van der Waals surface area (Å²) in [5.74, 6) is 0.144. The highest BCUT2D eigenvalue weighted by Gasteiger charge is 2.54. The molecule has 3 aliphatic rings. The van der Waals surface area contributed by atoms with Crippen molar-refractivity contribution in [3.8, 4) is 0 Å². The summed E-state index contributed by atoms with van der Waals surface area (Å²) in [6.07, 6.45) is 12.5. The first-order valence-corrected chi connectivity index (χ1v) is 11.7. The largest absolute Gasteiger partial charge is 0.338 e. The van der Waals surface area contributed by atoms with Crippen LogP contribution in [0.2, 0.25) is 0 Å². The summed E-state index contributed by atoms with van der Waals surface area (Å²) in [6, 6.07) is 14.3. The molecule has 0 bridgehead atoms. The lowest BCUT2D eigenvalue weighted by Crippen LogP contribution is -2.63. The molecule has 1 unspecified atom stereocenters. The van der Waals surface area contributed by atoms with E-state index in [9.17, 15) is 4.79 Å². The summed E-state index contributed by atoms with van der Waals surface area (Å²) in [4.78, 5) is 22.0. The Hall–Kier alpha value is -2.20. The number of benzene rings is 1. The third-order valence-electron chi connectivity index (χ3n) is 7.86. The highest BCUT2D eigenvalue weighted by atomic mass is 16.2. The molecule has 0 N–H and O–H groups in total. The number of carbonyl (C=O) groups excluding carboxylic acids is 1. The van der Waals surface area contributed by atoms with Gasteiger partial charge >= 0.3 is 0 Å². The van der Waals surface area contributed by atoms with Gasteiger partial charge < -0.3 is 4.90 Å². The van der Waals surface area contributed by atoms with Crippen LogP contribution in [0.15, 0.2) is 48.8 Å². The smallest absolute Gasteiger partial charge is 0.255 e. The summed E-state index contributed by atoms with van der Waals surface area (Å²) >= 11 is 0. The van der Waals surface area contributed by atoms with Crippen LogP contribution in [0.1, 0.15) is 72.5 Å². The van der Waals surface area contributed by atoms with Crippen molar-refractivity contribution >= 4 is 5.91 Å². The van der Waals surface area contributed by atoms with Gasteiger partial charge in [-0.2, -0.15) is 0 Å². The van der Waals surface area contributed by atoms with E-state index in [0.29, 0.717) is 17.5 Å². The number of carbonyl (C=O) groups is 1. The van der Waals surface area contributed by atoms with E-state index >= 15 is 0 Å². The van der Waals surface area contributed by atoms with Crippen molar-refractivity contribution in [3.05, 3.63) is 65.5 Å². The Morgan fingerprint density at radius 1 is 1.03 bits per heavy atom. The minimum Gasteiger partial charge on any atom is -0.338 e. The SMILES string of the molecule is Cc1ccncc1C(=O)N1CCC(N2CC3(CCCCC3)C2c2ccccc2)CC1. The van der Waals surface area contributed by atoms with Crippen molar-refractivity contribution in [1.29, 1.82) is 0 Å². The van der Waals surface area contributed by atoms with Gasteiger partial charge in [0, 0.05) is 49.5 Å². The first-order chi connectivity index (χ1) is 14.7. The molecule has 3 fully saturated rings. The van der Waals surface area contributed by atoms with Crippen molar-refractivity contribution in [3.63, 3.8) is 0 Å². The number of pyridine rings is 1. The van der Waals surface area contributed by atoms with E-state index < -0.39 is 0 Å². The Kier molecular flexibility index (Phi) is 5.36. The number of nitrogens with zero attached hydrogens (tertiary/aromatic N) is 3. The molecule has 1 aliphatic carbocycles. The quantitative estimate of drug-likeness (QED) is 0.723. The van der Waals surface area contributed by atoms with Crippen LogP contribution in [0, 0.1) is 12.3 Å². The maximum atomic E-state index is 13.0. The molecule has 5 rings (SSSR count). The molecule has 4 nitrogen and oxygen atoms in total. The number of amides is 1. The van der Waals surface area contributed by atoms with E-state index in [-0.39, 0.29) is 5.91 Å². The molecule has 4 heteroatoms. The van der Waals surface area contributed by atoms with Gasteiger partial charge in [0.15, 0.2) is 0 Å². The summed E-state index contributed by atoms with van der Waals surface area (Å²) < 4.78 is 0. The van der Waals surface area contributed by atoms with Crippen molar-refractivity contribution in [2.45, 2.75) is 64.0 Å². The predicted molar refractivity (Wildman–Crippen MR) is 119 cm³/mol. The third kappa shape index (κ3) is 3.45. The van der Waals surface area contributed by atoms with Crippen molar-refractivity contribution in [1.82, 2.24) is 14.8 Å². The van der Waals surface area contributed by atoms with Crippen LogP contribution in [0.5, 0.6) is 0 Å². The standard InChI is InChI=1S/C26H33N3O/c1-20-10-15-27-18-23(20)25(30)28-16-11-22(12-17-28)29-19-26(13-6-3-7-14-26)24(29)21-8-4-2-5-9-21/h2,4-5,8-10,15,18,22,24H,3,6-7,11-14,16-17,19H2,1H3. The minimum atomic E-state index is 0.144. The molecule has 30 heavy (non-hydrogen) atoms. The number of hydrogen-bond donors (Lipinski definition) is 0. The van der Waals surface area contributed by atoms with Crippen LogP contribution < -0.4 is 0 Å². The predicted octanol–water partition coefficient (Wildman–Crippen LogP) is 5.00. The molecule has 2 aromatic rings. The molecule has 2 saturated heterocycles. The molecule has 1 aromatic carbocycles. The molecule has 1 amide bonds. The Bertz CT molecular complexity index is 882. The van der Waals surface area contributed by atoms with E-state index in [2.05, 4.69) is 40.2 Å². The second-order valence-corrected chi connectivity index (χ2v) is 9.62. The van der Waals surface area contributed by atoms with Crippen LogP contribution >= 0.6 is 0 Å². The van der Waals surface area contributed by atoms with Gasteiger partial charge in [0.1, 0.15) is 0 Å². The van der Waals surface area contributed by atoms with Crippen LogP contribution in [0.4, 0.5) is 0 Å². The monoisotopic (exact) mass is 403 g/mol. The molecular formula is C26H33N3O. The first kappa shape index (κ1) is 19.7. The summed E-state index contributed by atoms with van der Waals surface area (Å²) in [6.45, 7) is 4.94. The van der Waals surface area contributed by atoms with Gasteiger partial charge in [-0.3, -0.25) is 14.7 Å². The summed E-state index contributed by atoms with van der Waals surface area (Å²) in [5.41, 5.74) is 3.75. The van der Waals surface area contributed by atoms with E-state index in [1.165, 1.54) is 44.2 Å². The third-order valence-corrected chi connectivity index (χ3v) is 7.86. The number of aryl methyl sites for hydroxylation is 1. The highest BCUT2D eigenvalue weighted by Crippen LogP contribution is 2.58. The van der Waals surface area contributed by atoms with Crippen LogP contribution in [-0.4, -0.2) is 46.4 Å². The Balaban J connectivity index is 1.29. The second kappa shape index (κ2) is 8.14. The molecule has 158 valence electrons. The Morgan fingerprint density at radius 3 is 2.47 bits per heavy atom. The van der Waals surface area contributed by atoms with Gasteiger partial charge in [-0.15, -0.1) is 0 Å². The van der Waals surface area contributed by atoms with Gasteiger partial charge in [-0.05, 0) is 49.8 Å². The van der Waals surface area contributed by atoms with Gasteiger partial charge in [0.25, 0.3) is 5.91 Å².